The Balaban J connectivity index is 0.000000982. The van der Waals surface area contributed by atoms with Gasteiger partial charge in [-0.3, -0.25) is 9.59 Å². The minimum absolute atomic E-state index is 0.00616. The maximum Gasteiger partial charge on any atom is 0.237 e. The first-order valence-electron chi connectivity index (χ1n) is 6.50. The highest BCUT2D eigenvalue weighted by atomic mass is 16.2. The smallest absolute Gasteiger partial charge is 0.237 e. The highest BCUT2D eigenvalue weighted by Crippen LogP contribution is 2.24. The van der Waals surface area contributed by atoms with E-state index in [1.165, 1.54) is 11.3 Å². The number of rotatable bonds is 5. The molecular formula is C15H24N2O2. The van der Waals surface area contributed by atoms with E-state index in [1.807, 2.05) is 6.08 Å². The van der Waals surface area contributed by atoms with Crippen molar-refractivity contribution in [1.82, 2.24) is 4.90 Å². The van der Waals surface area contributed by atoms with E-state index in [1.54, 1.807) is 12.2 Å². The Morgan fingerprint density at radius 3 is 2.58 bits per heavy atom. The van der Waals surface area contributed by atoms with Gasteiger partial charge in [-0.1, -0.05) is 51.7 Å². The molecule has 1 atom stereocenters. The molecule has 1 fully saturated rings. The molecule has 0 saturated carbocycles. The van der Waals surface area contributed by atoms with Gasteiger partial charge in [-0.15, -0.1) is 0 Å². The molecule has 1 rings (SSSR count). The first-order chi connectivity index (χ1) is 8.96. The maximum absolute atomic E-state index is 11.5. The van der Waals surface area contributed by atoms with Crippen LogP contribution in [-0.4, -0.2) is 29.8 Å². The molecule has 0 spiro atoms. The summed E-state index contributed by atoms with van der Waals surface area (Å²) in [4.78, 5) is 23.7. The summed E-state index contributed by atoms with van der Waals surface area (Å²) in [5.41, 5.74) is 5.93. The van der Waals surface area contributed by atoms with Crippen molar-refractivity contribution in [3.8, 4) is 0 Å². The standard InChI is InChI=1S/C12H16N2O2.C3H8/c1-3-4-5-9(2)10-6-12(16)14(7-10)8-11(13)15;1-3-2/h3-5,10H,1-2,6-8H2,(H2,13,15);3H2,1-2H3/b5-4-;. The van der Waals surface area contributed by atoms with Crippen molar-refractivity contribution in [2.45, 2.75) is 26.7 Å². The molecule has 0 aromatic rings. The predicted molar refractivity (Wildman–Crippen MR) is 78.3 cm³/mol. The number of nitrogens with zero attached hydrogens (tertiary/aromatic N) is 1. The lowest BCUT2D eigenvalue weighted by atomic mass is 9.99. The summed E-state index contributed by atoms with van der Waals surface area (Å²) in [6.45, 7) is 12.2. The molecule has 0 aliphatic carbocycles. The van der Waals surface area contributed by atoms with Crippen LogP contribution in [0.1, 0.15) is 26.7 Å². The Labute approximate surface area is 115 Å². The predicted octanol–water partition coefficient (Wildman–Crippen LogP) is 2.03. The molecule has 4 nitrogen and oxygen atoms in total. The average Bonchev–Trinajstić information content (AvgIpc) is 2.68. The first kappa shape index (κ1) is 17.2. The molecule has 0 aromatic heterocycles. The molecule has 1 unspecified atom stereocenters. The van der Waals surface area contributed by atoms with Gasteiger partial charge in [0.25, 0.3) is 0 Å². The van der Waals surface area contributed by atoms with Crippen LogP contribution in [0.5, 0.6) is 0 Å². The molecule has 19 heavy (non-hydrogen) atoms. The van der Waals surface area contributed by atoms with Crippen LogP contribution in [0, 0.1) is 5.92 Å². The third-order valence-corrected chi connectivity index (χ3v) is 2.53. The zero-order valence-electron chi connectivity index (χ0n) is 11.9. The summed E-state index contributed by atoms with van der Waals surface area (Å²) in [6.07, 6.45) is 6.92. The summed E-state index contributed by atoms with van der Waals surface area (Å²) >= 11 is 0. The van der Waals surface area contributed by atoms with Crippen molar-refractivity contribution >= 4 is 11.8 Å². The zero-order valence-corrected chi connectivity index (χ0v) is 11.9. The van der Waals surface area contributed by atoms with Crippen LogP contribution in [0.4, 0.5) is 0 Å². The maximum atomic E-state index is 11.5. The summed E-state index contributed by atoms with van der Waals surface area (Å²) in [5.74, 6) is -0.457. The number of hydrogen-bond acceptors (Lipinski definition) is 2. The molecule has 0 bridgehead atoms. The highest BCUT2D eigenvalue weighted by Gasteiger charge is 2.30. The first-order valence-corrected chi connectivity index (χ1v) is 6.50. The van der Waals surface area contributed by atoms with E-state index in [0.29, 0.717) is 13.0 Å². The summed E-state index contributed by atoms with van der Waals surface area (Å²) in [6, 6.07) is 0. The van der Waals surface area contributed by atoms with Gasteiger partial charge >= 0.3 is 0 Å². The lowest BCUT2D eigenvalue weighted by molar-refractivity contribution is -0.132. The second-order valence-corrected chi connectivity index (χ2v) is 4.52. The summed E-state index contributed by atoms with van der Waals surface area (Å²) in [7, 11) is 0. The topological polar surface area (TPSA) is 63.4 Å². The van der Waals surface area contributed by atoms with Crippen LogP contribution in [0.3, 0.4) is 0 Å². The molecular weight excluding hydrogens is 240 g/mol. The SMILES string of the molecule is C=C/C=C\C(=C)C1CC(=O)N(CC(N)=O)C1.CCC. The summed E-state index contributed by atoms with van der Waals surface area (Å²) < 4.78 is 0. The van der Waals surface area contributed by atoms with Gasteiger partial charge in [0, 0.05) is 18.9 Å². The van der Waals surface area contributed by atoms with E-state index < -0.39 is 5.91 Å². The Kier molecular flexibility index (Phi) is 8.25. The molecule has 4 heteroatoms. The van der Waals surface area contributed by atoms with Crippen molar-refractivity contribution in [2.24, 2.45) is 11.7 Å². The van der Waals surface area contributed by atoms with E-state index >= 15 is 0 Å². The fourth-order valence-corrected chi connectivity index (χ4v) is 1.69. The molecule has 1 saturated heterocycles. The second kappa shape index (κ2) is 9.14. The fraction of sp³-hybridized carbons (Fsp3) is 0.467. The van der Waals surface area contributed by atoms with Crippen LogP contribution in [-0.2, 0) is 9.59 Å². The Morgan fingerprint density at radius 2 is 2.11 bits per heavy atom. The van der Waals surface area contributed by atoms with Gasteiger partial charge in [-0.2, -0.15) is 0 Å². The average molecular weight is 264 g/mol. The van der Waals surface area contributed by atoms with Gasteiger partial charge in [0.2, 0.25) is 11.8 Å². The van der Waals surface area contributed by atoms with Crippen molar-refractivity contribution in [2.75, 3.05) is 13.1 Å². The lowest BCUT2D eigenvalue weighted by Crippen LogP contribution is -2.34. The number of primary amides is 1. The van der Waals surface area contributed by atoms with E-state index in [4.69, 9.17) is 5.73 Å². The van der Waals surface area contributed by atoms with Crippen molar-refractivity contribution in [3.05, 3.63) is 37.0 Å². The molecule has 1 aliphatic rings. The van der Waals surface area contributed by atoms with E-state index in [2.05, 4.69) is 27.0 Å². The van der Waals surface area contributed by atoms with Crippen LogP contribution in [0.25, 0.3) is 0 Å². The molecule has 0 radical (unpaired) electrons. The minimum Gasteiger partial charge on any atom is -0.368 e. The van der Waals surface area contributed by atoms with E-state index in [-0.39, 0.29) is 18.4 Å². The van der Waals surface area contributed by atoms with Gasteiger partial charge in [0.1, 0.15) is 0 Å². The third-order valence-electron chi connectivity index (χ3n) is 2.53. The monoisotopic (exact) mass is 264 g/mol. The van der Waals surface area contributed by atoms with Gasteiger partial charge in [0.15, 0.2) is 0 Å². The Hall–Kier alpha value is -1.84. The van der Waals surface area contributed by atoms with Crippen LogP contribution in [0.15, 0.2) is 37.0 Å². The normalized spacial score (nSPS) is 18.1. The van der Waals surface area contributed by atoms with Gasteiger partial charge in [-0.05, 0) is 5.57 Å². The van der Waals surface area contributed by atoms with Crippen LogP contribution < -0.4 is 5.73 Å². The van der Waals surface area contributed by atoms with Crippen molar-refractivity contribution in [1.29, 1.82) is 0 Å². The molecule has 106 valence electrons. The van der Waals surface area contributed by atoms with Crippen molar-refractivity contribution in [3.63, 3.8) is 0 Å². The molecule has 0 aromatic carbocycles. The molecule has 2 N–H and O–H groups in total. The number of hydrogen-bond donors (Lipinski definition) is 1. The number of carbonyl (C=O) groups is 2. The number of likely N-dealkylation sites (tertiary alicyclic amines) is 1. The van der Waals surface area contributed by atoms with E-state index in [9.17, 15) is 9.59 Å². The fourth-order valence-electron chi connectivity index (χ4n) is 1.69. The third kappa shape index (κ3) is 6.60. The zero-order chi connectivity index (χ0) is 14.8. The molecule has 1 aliphatic heterocycles. The number of nitrogens with two attached hydrogens (primary N) is 1. The quantitative estimate of drug-likeness (QED) is 0.772. The lowest BCUT2D eigenvalue weighted by Gasteiger charge is -2.14. The van der Waals surface area contributed by atoms with Crippen molar-refractivity contribution < 1.29 is 9.59 Å². The van der Waals surface area contributed by atoms with Crippen LogP contribution in [0.2, 0.25) is 0 Å². The van der Waals surface area contributed by atoms with Gasteiger partial charge in [-0.25, -0.2) is 0 Å². The Morgan fingerprint density at radius 1 is 1.53 bits per heavy atom. The van der Waals surface area contributed by atoms with E-state index in [0.717, 1.165) is 5.57 Å². The molecule has 1 heterocycles. The molecule has 2 amide bonds. The Bertz CT molecular complexity index is 372. The number of allylic oxidation sites excluding steroid dienone is 3. The van der Waals surface area contributed by atoms with Gasteiger partial charge in [0.05, 0.1) is 6.54 Å². The minimum atomic E-state index is -0.485. The number of carbonyl (C=O) groups excluding carboxylic acids is 2. The highest BCUT2D eigenvalue weighted by molar-refractivity contribution is 5.85. The van der Waals surface area contributed by atoms with Crippen LogP contribution >= 0.6 is 0 Å². The number of amides is 2. The second-order valence-electron chi connectivity index (χ2n) is 4.52. The summed E-state index contributed by atoms with van der Waals surface area (Å²) in [5, 5.41) is 0. The van der Waals surface area contributed by atoms with Gasteiger partial charge < -0.3 is 10.6 Å². The largest absolute Gasteiger partial charge is 0.368 e.